The van der Waals surface area contributed by atoms with E-state index >= 15 is 0 Å². The molecule has 4 fully saturated rings. The van der Waals surface area contributed by atoms with E-state index in [1.807, 2.05) is 6.07 Å². The van der Waals surface area contributed by atoms with E-state index in [9.17, 15) is 20.4 Å². The first-order valence-corrected chi connectivity index (χ1v) is 12.3. The quantitative estimate of drug-likeness (QED) is 0.480. The molecule has 5 rings (SSSR count). The van der Waals surface area contributed by atoms with E-state index in [4.69, 9.17) is 25.8 Å². The van der Waals surface area contributed by atoms with Crippen molar-refractivity contribution in [3.8, 4) is 5.75 Å². The Kier molecular flexibility index (Phi) is 6.64. The highest BCUT2D eigenvalue weighted by molar-refractivity contribution is 6.32. The molecule has 3 aliphatic carbocycles. The molecule has 3 bridgehead atoms. The molecule has 4 aliphatic rings. The third kappa shape index (κ3) is 4.28. The van der Waals surface area contributed by atoms with E-state index in [1.165, 1.54) is 37.7 Å². The molecule has 0 amide bonds. The van der Waals surface area contributed by atoms with Crippen molar-refractivity contribution in [3.63, 3.8) is 0 Å². The van der Waals surface area contributed by atoms with Gasteiger partial charge in [0.05, 0.1) is 18.7 Å². The lowest BCUT2D eigenvalue weighted by atomic mass is 9.56. The second kappa shape index (κ2) is 9.36. The third-order valence-electron chi connectivity index (χ3n) is 8.21. The van der Waals surface area contributed by atoms with Gasteiger partial charge in [-0.25, -0.2) is 0 Å². The fourth-order valence-electron chi connectivity index (χ4n) is 6.53. The summed E-state index contributed by atoms with van der Waals surface area (Å²) < 4.78 is 17.3. The van der Waals surface area contributed by atoms with Gasteiger partial charge >= 0.3 is 0 Å². The third-order valence-corrected chi connectivity index (χ3v) is 8.52. The van der Waals surface area contributed by atoms with Crippen molar-refractivity contribution in [1.29, 1.82) is 0 Å². The second-order valence-electron chi connectivity index (χ2n) is 10.1. The van der Waals surface area contributed by atoms with Gasteiger partial charge < -0.3 is 34.6 Å². The van der Waals surface area contributed by atoms with Crippen LogP contribution in [0.4, 0.5) is 0 Å². The number of fused-ring (bicyclic) bond motifs is 2. The van der Waals surface area contributed by atoms with Crippen LogP contribution in [0.1, 0.15) is 44.1 Å². The molecular weight excluding hydrogens is 448 g/mol. The van der Waals surface area contributed by atoms with Gasteiger partial charge in [0.25, 0.3) is 0 Å². The molecule has 3 saturated carbocycles. The van der Waals surface area contributed by atoms with E-state index in [-0.39, 0.29) is 5.75 Å². The van der Waals surface area contributed by atoms with Crippen LogP contribution in [-0.4, -0.2) is 64.8 Å². The summed E-state index contributed by atoms with van der Waals surface area (Å²) in [6, 6.07) is 5.39. The SMILES string of the molecule is CO/C(=C1/CC2CCC3CC1CC2C3)c1ccc(Cl)c(OC2OC(CO)C(O)C(O)C2O)c1. The van der Waals surface area contributed by atoms with Gasteiger partial charge in [0.1, 0.15) is 35.9 Å². The number of hydrogen-bond donors (Lipinski definition) is 4. The summed E-state index contributed by atoms with van der Waals surface area (Å²) in [6.45, 7) is -0.525. The Morgan fingerprint density at radius 1 is 1.06 bits per heavy atom. The topological polar surface area (TPSA) is 109 Å². The standard InChI is InChI=1S/C25H33ClO7/c1-31-24(17-9-13-3-2-12-6-15(13)8-16(17)7-12)14-4-5-18(26)19(10-14)32-25-23(30)22(29)21(28)20(11-27)33-25/h4-5,10,12-13,15-16,20-23,25,27-30H,2-3,6-9,11H2,1H3/b24-17-. The Bertz CT molecular complexity index is 901. The highest BCUT2D eigenvalue weighted by Crippen LogP contribution is 2.55. The van der Waals surface area contributed by atoms with Gasteiger partial charge in [-0.15, -0.1) is 0 Å². The van der Waals surface area contributed by atoms with Crippen molar-refractivity contribution < 1.29 is 34.6 Å². The predicted molar refractivity (Wildman–Crippen MR) is 121 cm³/mol. The zero-order chi connectivity index (χ0) is 23.3. The number of hydrogen-bond acceptors (Lipinski definition) is 7. The smallest absolute Gasteiger partial charge is 0.229 e. The molecule has 0 spiro atoms. The minimum atomic E-state index is -1.52. The molecule has 1 saturated heterocycles. The van der Waals surface area contributed by atoms with Crippen molar-refractivity contribution in [1.82, 2.24) is 0 Å². The summed E-state index contributed by atoms with van der Waals surface area (Å²) in [7, 11) is 1.70. The van der Waals surface area contributed by atoms with E-state index in [0.717, 1.165) is 35.5 Å². The van der Waals surface area contributed by atoms with Gasteiger partial charge in [0.2, 0.25) is 6.29 Å². The van der Waals surface area contributed by atoms with Crippen LogP contribution in [0.3, 0.4) is 0 Å². The molecule has 182 valence electrons. The number of aliphatic hydroxyl groups excluding tert-OH is 4. The molecule has 1 aromatic rings. The molecule has 1 aliphatic heterocycles. The van der Waals surface area contributed by atoms with Gasteiger partial charge in [0.15, 0.2) is 0 Å². The van der Waals surface area contributed by atoms with Crippen molar-refractivity contribution in [2.24, 2.45) is 23.7 Å². The van der Waals surface area contributed by atoms with Crippen LogP contribution < -0.4 is 4.74 Å². The summed E-state index contributed by atoms with van der Waals surface area (Å²) in [5.41, 5.74) is 2.22. The van der Waals surface area contributed by atoms with Crippen molar-refractivity contribution in [3.05, 3.63) is 34.4 Å². The Morgan fingerprint density at radius 3 is 2.64 bits per heavy atom. The summed E-state index contributed by atoms with van der Waals surface area (Å²) in [5.74, 6) is 4.09. The molecule has 4 N–H and O–H groups in total. The average molecular weight is 481 g/mol. The lowest BCUT2D eigenvalue weighted by molar-refractivity contribution is -0.277. The Morgan fingerprint density at radius 2 is 1.88 bits per heavy atom. The maximum Gasteiger partial charge on any atom is 0.229 e. The number of halogens is 1. The Balaban J connectivity index is 1.43. The van der Waals surface area contributed by atoms with Crippen molar-refractivity contribution in [2.45, 2.75) is 69.2 Å². The molecule has 9 atom stereocenters. The fraction of sp³-hybridized carbons (Fsp3) is 0.680. The zero-order valence-corrected chi connectivity index (χ0v) is 19.5. The van der Waals surface area contributed by atoms with Gasteiger partial charge in [0, 0.05) is 5.56 Å². The lowest BCUT2D eigenvalue weighted by Gasteiger charge is -2.49. The van der Waals surface area contributed by atoms with Gasteiger partial charge in [-0.3, -0.25) is 0 Å². The fourth-order valence-corrected chi connectivity index (χ4v) is 6.69. The zero-order valence-electron chi connectivity index (χ0n) is 18.8. The number of rotatable bonds is 5. The van der Waals surface area contributed by atoms with Crippen LogP contribution in [0, 0.1) is 23.7 Å². The van der Waals surface area contributed by atoms with Gasteiger partial charge in [-0.05, 0) is 79.5 Å². The number of benzene rings is 1. The monoisotopic (exact) mass is 480 g/mol. The number of aliphatic hydroxyl groups is 4. The number of methoxy groups -OCH3 is 1. The first-order chi connectivity index (χ1) is 15.9. The Labute approximate surface area is 198 Å². The van der Waals surface area contributed by atoms with Crippen LogP contribution in [0.2, 0.25) is 5.02 Å². The highest BCUT2D eigenvalue weighted by atomic mass is 35.5. The maximum absolute atomic E-state index is 10.3. The van der Waals surface area contributed by atoms with Gasteiger partial charge in [-0.1, -0.05) is 18.0 Å². The number of ether oxygens (including phenoxy) is 3. The summed E-state index contributed by atoms with van der Waals surface area (Å²) >= 11 is 6.39. The second-order valence-corrected chi connectivity index (χ2v) is 10.5. The van der Waals surface area contributed by atoms with Crippen LogP contribution in [-0.2, 0) is 9.47 Å². The molecule has 0 radical (unpaired) electrons. The molecule has 1 aromatic carbocycles. The van der Waals surface area contributed by atoms with Crippen LogP contribution in [0.15, 0.2) is 23.8 Å². The minimum Gasteiger partial charge on any atom is -0.496 e. The molecule has 9 unspecified atom stereocenters. The summed E-state index contributed by atoms with van der Waals surface area (Å²) in [6.07, 6.45) is 0.759. The normalized spacial score (nSPS) is 41.6. The molecular formula is C25H33ClO7. The molecule has 0 aromatic heterocycles. The van der Waals surface area contributed by atoms with Crippen molar-refractivity contribution >= 4 is 17.4 Å². The van der Waals surface area contributed by atoms with Crippen LogP contribution in [0.25, 0.3) is 5.76 Å². The van der Waals surface area contributed by atoms with Crippen molar-refractivity contribution in [2.75, 3.05) is 13.7 Å². The van der Waals surface area contributed by atoms with Crippen LogP contribution in [0.5, 0.6) is 5.75 Å². The first-order valence-electron chi connectivity index (χ1n) is 11.9. The average Bonchev–Trinajstić information content (AvgIpc) is 2.81. The van der Waals surface area contributed by atoms with E-state index in [2.05, 4.69) is 0 Å². The van der Waals surface area contributed by atoms with E-state index in [1.54, 1.807) is 19.2 Å². The molecule has 1 heterocycles. The van der Waals surface area contributed by atoms with Gasteiger partial charge in [-0.2, -0.15) is 0 Å². The molecule has 7 nitrogen and oxygen atoms in total. The van der Waals surface area contributed by atoms with Crippen LogP contribution >= 0.6 is 11.6 Å². The molecule has 33 heavy (non-hydrogen) atoms. The minimum absolute atomic E-state index is 0.271. The van der Waals surface area contributed by atoms with E-state index < -0.39 is 37.3 Å². The number of allylic oxidation sites excluding steroid dienone is 1. The molecule has 8 heteroatoms. The van der Waals surface area contributed by atoms with E-state index in [0.29, 0.717) is 10.9 Å². The largest absolute Gasteiger partial charge is 0.496 e. The summed E-state index contributed by atoms with van der Waals surface area (Å²) in [4.78, 5) is 0. The maximum atomic E-state index is 10.3. The first kappa shape index (κ1) is 23.4. The highest BCUT2D eigenvalue weighted by Gasteiger charge is 2.46. The lowest BCUT2D eigenvalue weighted by Crippen LogP contribution is -2.60. The summed E-state index contributed by atoms with van der Waals surface area (Å²) in [5, 5.41) is 40.2. The Hall–Kier alpha value is -1.35. The predicted octanol–water partition coefficient (Wildman–Crippen LogP) is 2.72.